The summed E-state index contributed by atoms with van der Waals surface area (Å²) in [7, 11) is 0. The topological polar surface area (TPSA) is 90.0 Å². The summed E-state index contributed by atoms with van der Waals surface area (Å²) < 4.78 is 16.5. The zero-order valence-electron chi connectivity index (χ0n) is 15.8. The molecule has 0 unspecified atom stereocenters. The van der Waals surface area contributed by atoms with E-state index >= 15 is 0 Å². The minimum absolute atomic E-state index is 0.167. The highest BCUT2D eigenvalue weighted by atomic mass is 16.7. The molecule has 0 saturated heterocycles. The molecule has 3 heterocycles. The van der Waals surface area contributed by atoms with Crippen molar-refractivity contribution >= 4 is 17.5 Å². The first-order valence-electron chi connectivity index (χ1n) is 9.38. The number of aromatic nitrogens is 1. The minimum atomic E-state index is -0.324. The summed E-state index contributed by atoms with van der Waals surface area (Å²) in [5.74, 6) is 1.39. The van der Waals surface area contributed by atoms with Gasteiger partial charge in [-0.05, 0) is 42.0 Å². The Labute approximate surface area is 172 Å². The third-order valence-corrected chi connectivity index (χ3v) is 4.84. The number of rotatable bonds is 4. The van der Waals surface area contributed by atoms with E-state index in [0.29, 0.717) is 35.0 Å². The molecule has 0 spiro atoms. The van der Waals surface area contributed by atoms with E-state index < -0.39 is 0 Å². The average Bonchev–Trinajstić information content (AvgIpc) is 3.20. The monoisotopic (exact) mass is 403 g/mol. The van der Waals surface area contributed by atoms with Crippen LogP contribution in [-0.2, 0) is 11.3 Å². The van der Waals surface area contributed by atoms with Crippen LogP contribution in [0.15, 0.2) is 60.8 Å². The Hall–Kier alpha value is -4.07. The molecule has 1 N–H and O–H groups in total. The van der Waals surface area contributed by atoms with Gasteiger partial charge in [-0.2, -0.15) is 0 Å². The molecule has 5 rings (SSSR count). The van der Waals surface area contributed by atoms with Crippen LogP contribution in [0.3, 0.4) is 0 Å². The van der Waals surface area contributed by atoms with Crippen molar-refractivity contribution in [3.8, 4) is 23.1 Å². The molecule has 8 heteroatoms. The summed E-state index contributed by atoms with van der Waals surface area (Å²) in [6.45, 7) is 0.323. The predicted molar refractivity (Wildman–Crippen MR) is 107 cm³/mol. The Morgan fingerprint density at radius 2 is 1.90 bits per heavy atom. The van der Waals surface area contributed by atoms with Gasteiger partial charge in [0.1, 0.15) is 18.0 Å². The maximum atomic E-state index is 13.1. The fraction of sp³-hybridized carbons (Fsp3) is 0.136. The molecule has 2 aliphatic rings. The van der Waals surface area contributed by atoms with E-state index in [-0.39, 0.29) is 31.0 Å². The van der Waals surface area contributed by atoms with Gasteiger partial charge >= 0.3 is 0 Å². The Morgan fingerprint density at radius 1 is 1.03 bits per heavy atom. The number of amides is 2. The smallest absolute Gasteiger partial charge is 0.262 e. The molecule has 2 aliphatic heterocycles. The van der Waals surface area contributed by atoms with Crippen molar-refractivity contribution in [2.24, 2.45) is 0 Å². The van der Waals surface area contributed by atoms with Crippen molar-refractivity contribution in [1.29, 1.82) is 0 Å². The van der Waals surface area contributed by atoms with Crippen LogP contribution >= 0.6 is 0 Å². The van der Waals surface area contributed by atoms with E-state index in [1.54, 1.807) is 48.7 Å². The number of fused-ring (bicyclic) bond motifs is 3. The number of carbonyl (C=O) groups excluding carboxylic acids is 2. The van der Waals surface area contributed by atoms with E-state index in [1.165, 1.54) is 4.90 Å². The Balaban J connectivity index is 1.35. The fourth-order valence-electron chi connectivity index (χ4n) is 3.37. The number of hydrogen-bond donors (Lipinski definition) is 1. The van der Waals surface area contributed by atoms with Crippen LogP contribution in [0.5, 0.6) is 23.1 Å². The molecular formula is C22H17N3O5. The van der Waals surface area contributed by atoms with Crippen LogP contribution in [0.25, 0.3) is 0 Å². The molecule has 0 fully saturated rings. The van der Waals surface area contributed by atoms with Crippen LogP contribution in [0.4, 0.5) is 5.69 Å². The van der Waals surface area contributed by atoms with Gasteiger partial charge in [0.05, 0.1) is 5.56 Å². The van der Waals surface area contributed by atoms with Crippen molar-refractivity contribution in [3.63, 3.8) is 0 Å². The molecule has 0 aliphatic carbocycles. The van der Waals surface area contributed by atoms with Gasteiger partial charge in [-0.1, -0.05) is 18.2 Å². The molecule has 30 heavy (non-hydrogen) atoms. The minimum Gasteiger partial charge on any atom is -0.454 e. The molecule has 2 aromatic carbocycles. The molecule has 0 radical (unpaired) electrons. The molecule has 0 saturated carbocycles. The summed E-state index contributed by atoms with van der Waals surface area (Å²) in [5, 5.41) is 2.84. The van der Waals surface area contributed by atoms with Gasteiger partial charge in [-0.3, -0.25) is 14.5 Å². The number of benzene rings is 2. The number of para-hydroxylation sites is 1. The zero-order chi connectivity index (χ0) is 20.5. The number of nitrogens with zero attached hydrogens (tertiary/aromatic N) is 2. The van der Waals surface area contributed by atoms with E-state index in [0.717, 1.165) is 5.56 Å². The van der Waals surface area contributed by atoms with E-state index in [1.807, 2.05) is 12.1 Å². The third kappa shape index (κ3) is 3.28. The van der Waals surface area contributed by atoms with Crippen LogP contribution in [0, 0.1) is 0 Å². The highest BCUT2D eigenvalue weighted by Gasteiger charge is 2.30. The van der Waals surface area contributed by atoms with Crippen LogP contribution in [0.2, 0.25) is 0 Å². The molecular weight excluding hydrogens is 386 g/mol. The quantitative estimate of drug-likeness (QED) is 0.721. The second-order valence-corrected chi connectivity index (χ2v) is 6.78. The Kier molecular flexibility index (Phi) is 4.44. The van der Waals surface area contributed by atoms with Crippen molar-refractivity contribution in [3.05, 3.63) is 71.9 Å². The first-order valence-corrected chi connectivity index (χ1v) is 9.38. The molecule has 1 aromatic heterocycles. The predicted octanol–water partition coefficient (Wildman–Crippen LogP) is 2.88. The summed E-state index contributed by atoms with van der Waals surface area (Å²) in [6, 6.07) is 15.8. The van der Waals surface area contributed by atoms with E-state index in [9.17, 15) is 9.59 Å². The summed E-state index contributed by atoms with van der Waals surface area (Å²) >= 11 is 0. The Morgan fingerprint density at radius 3 is 2.83 bits per heavy atom. The van der Waals surface area contributed by atoms with Crippen molar-refractivity contribution in [1.82, 2.24) is 10.3 Å². The van der Waals surface area contributed by atoms with Gasteiger partial charge in [-0.15, -0.1) is 0 Å². The number of ether oxygens (including phenoxy) is 3. The first-order chi connectivity index (χ1) is 14.7. The van der Waals surface area contributed by atoms with Gasteiger partial charge in [0.25, 0.3) is 5.91 Å². The normalized spacial score (nSPS) is 13.7. The largest absolute Gasteiger partial charge is 0.454 e. The summed E-state index contributed by atoms with van der Waals surface area (Å²) in [4.78, 5) is 31.4. The second kappa shape index (κ2) is 7.40. The highest BCUT2D eigenvalue weighted by Crippen LogP contribution is 2.37. The third-order valence-electron chi connectivity index (χ3n) is 4.84. The van der Waals surface area contributed by atoms with Crippen LogP contribution < -0.4 is 24.4 Å². The van der Waals surface area contributed by atoms with Crippen molar-refractivity contribution in [2.45, 2.75) is 6.54 Å². The number of anilines is 1. The maximum Gasteiger partial charge on any atom is 0.262 e. The van der Waals surface area contributed by atoms with Gasteiger partial charge in [0.2, 0.25) is 18.6 Å². The van der Waals surface area contributed by atoms with E-state index in [4.69, 9.17) is 14.2 Å². The molecule has 8 nitrogen and oxygen atoms in total. The van der Waals surface area contributed by atoms with Gasteiger partial charge in [0.15, 0.2) is 11.5 Å². The zero-order valence-corrected chi connectivity index (χ0v) is 15.8. The van der Waals surface area contributed by atoms with Gasteiger partial charge < -0.3 is 19.5 Å². The van der Waals surface area contributed by atoms with Gasteiger partial charge in [-0.25, -0.2) is 4.98 Å². The molecule has 0 atom stereocenters. The standard InChI is InChI=1S/C22H17N3O5/c26-20(24-11-14-7-8-18-19(10-14)29-13-28-18)12-25-16-5-3-9-23-21(16)30-17-6-2-1-4-15(17)22(25)27/h1-10H,11-13H2,(H,24,26). The highest BCUT2D eigenvalue weighted by molar-refractivity contribution is 6.11. The molecule has 2 amide bonds. The number of carbonyl (C=O) groups is 2. The van der Waals surface area contributed by atoms with Gasteiger partial charge in [0, 0.05) is 12.7 Å². The van der Waals surface area contributed by atoms with Crippen LogP contribution in [0.1, 0.15) is 15.9 Å². The van der Waals surface area contributed by atoms with Crippen LogP contribution in [-0.4, -0.2) is 30.1 Å². The lowest BCUT2D eigenvalue weighted by atomic mass is 10.1. The molecule has 0 bridgehead atoms. The molecule has 150 valence electrons. The lowest BCUT2D eigenvalue weighted by Crippen LogP contribution is -2.40. The maximum absolute atomic E-state index is 13.1. The first kappa shape index (κ1) is 18.0. The number of pyridine rings is 1. The molecule has 3 aromatic rings. The Bertz CT molecular complexity index is 1150. The second-order valence-electron chi connectivity index (χ2n) is 6.78. The summed E-state index contributed by atoms with van der Waals surface area (Å²) in [5.41, 5.74) is 1.68. The average molecular weight is 403 g/mol. The fourth-order valence-corrected chi connectivity index (χ4v) is 3.37. The number of hydrogen-bond acceptors (Lipinski definition) is 6. The number of nitrogens with one attached hydrogen (secondary N) is 1. The van der Waals surface area contributed by atoms with E-state index in [2.05, 4.69) is 10.3 Å². The SMILES string of the molecule is O=C(CN1C(=O)c2ccccc2Oc2ncccc21)NCc1ccc2c(c1)OCO2. The van der Waals surface area contributed by atoms with Crippen molar-refractivity contribution < 1.29 is 23.8 Å². The van der Waals surface area contributed by atoms with Crippen molar-refractivity contribution in [2.75, 3.05) is 18.2 Å². The lowest BCUT2D eigenvalue weighted by molar-refractivity contribution is -0.119. The summed E-state index contributed by atoms with van der Waals surface area (Å²) in [6.07, 6.45) is 1.58. The lowest BCUT2D eigenvalue weighted by Gasteiger charge is -2.21.